The molecule has 0 unspecified atom stereocenters. The summed E-state index contributed by atoms with van der Waals surface area (Å²) < 4.78 is 5.18. The summed E-state index contributed by atoms with van der Waals surface area (Å²) in [5.74, 6) is -0.384. The molecule has 8 heteroatoms. The maximum atomic E-state index is 11.2. The molecule has 0 bridgehead atoms. The van der Waals surface area contributed by atoms with E-state index < -0.39 is 5.97 Å². The third-order valence-electron chi connectivity index (χ3n) is 3.93. The van der Waals surface area contributed by atoms with E-state index in [-0.39, 0.29) is 24.0 Å². The molecular weight excluding hydrogens is 401 g/mol. The van der Waals surface area contributed by atoms with Gasteiger partial charge >= 0.3 is 12.0 Å². The summed E-state index contributed by atoms with van der Waals surface area (Å²) in [4.78, 5) is 19.8. The molecule has 2 N–H and O–H groups in total. The summed E-state index contributed by atoms with van der Waals surface area (Å²) in [6.45, 7) is 0.663. The van der Waals surface area contributed by atoms with Gasteiger partial charge in [0, 0.05) is 23.2 Å². The molecule has 0 radical (unpaired) electrons. The summed E-state index contributed by atoms with van der Waals surface area (Å²) in [5.41, 5.74) is 2.61. The number of anilines is 1. The Morgan fingerprint density at radius 2 is 1.89 bits per heavy atom. The lowest BCUT2D eigenvalue weighted by atomic mass is 10.1. The molecule has 6 nitrogen and oxygen atoms in total. The maximum absolute atomic E-state index is 11.2. The smallest absolute Gasteiger partial charge is 0.335 e. The summed E-state index contributed by atoms with van der Waals surface area (Å²) in [5, 5.41) is 13.1. The number of ether oxygens (including phenoxy) is 1. The molecule has 0 saturated carbocycles. The minimum atomic E-state index is -0.987. The monoisotopic (exact) mass is 419 g/mol. The number of nitrogens with one attached hydrogen (secondary N) is 1. The van der Waals surface area contributed by atoms with Crippen LogP contribution in [0.15, 0.2) is 54.6 Å². The quantitative estimate of drug-likeness (QED) is 0.582. The highest BCUT2D eigenvalue weighted by atomic mass is 35.5. The van der Waals surface area contributed by atoms with Crippen molar-refractivity contribution >= 4 is 35.8 Å². The first-order valence-electron chi connectivity index (χ1n) is 8.30. The van der Waals surface area contributed by atoms with Crippen molar-refractivity contribution in [3.05, 3.63) is 70.7 Å². The van der Waals surface area contributed by atoms with Crippen LogP contribution in [0.5, 0.6) is 6.01 Å². The largest absolute Gasteiger partial charge is 0.478 e. The number of nitrogens with zero attached hydrogens (tertiary/aromatic N) is 2. The number of rotatable bonds is 7. The molecule has 0 aliphatic rings. The molecule has 3 rings (SSSR count). The van der Waals surface area contributed by atoms with Gasteiger partial charge in [-0.15, -0.1) is 12.4 Å². The van der Waals surface area contributed by atoms with Crippen LogP contribution in [-0.2, 0) is 6.42 Å². The normalized spacial score (nSPS) is 10.1. The zero-order valence-electron chi connectivity index (χ0n) is 15.1. The highest BCUT2D eigenvalue weighted by molar-refractivity contribution is 6.30. The molecule has 2 aromatic carbocycles. The SMILES string of the molecule is COc1nc(NCCc2ccc(Cl)cc2)cc(-c2cccc(C(=O)O)c2)n1.Cl. The van der Waals surface area contributed by atoms with Crippen LogP contribution in [0.3, 0.4) is 0 Å². The standard InChI is InChI=1S/C20H18ClN3O3.ClH/c1-27-20-23-17(14-3-2-4-15(11-14)19(25)26)12-18(24-20)22-10-9-13-5-7-16(21)8-6-13;/h2-8,11-12H,9-10H2,1H3,(H,25,26)(H,22,23,24);1H. The van der Waals surface area contributed by atoms with E-state index in [0.717, 1.165) is 12.0 Å². The predicted octanol–water partition coefficient (Wildman–Crippen LogP) is 4.58. The highest BCUT2D eigenvalue weighted by Gasteiger charge is 2.10. The van der Waals surface area contributed by atoms with Gasteiger partial charge in [-0.3, -0.25) is 0 Å². The van der Waals surface area contributed by atoms with E-state index in [9.17, 15) is 9.90 Å². The van der Waals surface area contributed by atoms with Gasteiger partial charge in [0.05, 0.1) is 18.4 Å². The zero-order chi connectivity index (χ0) is 19.2. The number of aromatic carboxylic acids is 1. The summed E-state index contributed by atoms with van der Waals surface area (Å²) >= 11 is 5.90. The molecule has 0 saturated heterocycles. The Labute approximate surface area is 174 Å². The Morgan fingerprint density at radius 3 is 2.57 bits per heavy atom. The second-order valence-corrected chi connectivity index (χ2v) is 6.25. The van der Waals surface area contributed by atoms with Gasteiger partial charge in [-0.05, 0) is 36.2 Å². The van der Waals surface area contributed by atoms with Gasteiger partial charge in [0.2, 0.25) is 0 Å². The van der Waals surface area contributed by atoms with Crippen molar-refractivity contribution < 1.29 is 14.6 Å². The van der Waals surface area contributed by atoms with E-state index in [2.05, 4.69) is 15.3 Å². The molecule has 1 aromatic heterocycles. The molecule has 0 spiro atoms. The molecule has 0 amide bonds. The van der Waals surface area contributed by atoms with Crippen LogP contribution in [0.2, 0.25) is 5.02 Å². The fourth-order valence-corrected chi connectivity index (χ4v) is 2.68. The van der Waals surface area contributed by atoms with Gasteiger partial charge in [0.15, 0.2) is 0 Å². The Bertz CT molecular complexity index is 950. The number of methoxy groups -OCH3 is 1. The molecule has 0 aliphatic heterocycles. The van der Waals surface area contributed by atoms with Crippen LogP contribution in [0.4, 0.5) is 5.82 Å². The van der Waals surface area contributed by atoms with Gasteiger partial charge in [0.1, 0.15) is 5.82 Å². The first-order valence-corrected chi connectivity index (χ1v) is 8.68. The van der Waals surface area contributed by atoms with Crippen LogP contribution in [0.25, 0.3) is 11.3 Å². The van der Waals surface area contributed by atoms with E-state index in [1.807, 2.05) is 24.3 Å². The van der Waals surface area contributed by atoms with Crippen LogP contribution in [-0.4, -0.2) is 34.7 Å². The average Bonchev–Trinajstić information content (AvgIpc) is 2.69. The molecule has 3 aromatic rings. The van der Waals surface area contributed by atoms with E-state index in [1.165, 1.54) is 13.2 Å². The molecule has 28 heavy (non-hydrogen) atoms. The number of aromatic nitrogens is 2. The van der Waals surface area contributed by atoms with Crippen LogP contribution < -0.4 is 10.1 Å². The number of benzene rings is 2. The van der Waals surface area contributed by atoms with Crippen molar-refractivity contribution in [1.29, 1.82) is 0 Å². The third kappa shape index (κ3) is 5.58. The lowest BCUT2D eigenvalue weighted by molar-refractivity contribution is 0.0697. The molecule has 1 heterocycles. The first-order chi connectivity index (χ1) is 13.0. The number of carboxylic acids is 1. The lowest BCUT2D eigenvalue weighted by Gasteiger charge is -2.10. The van der Waals surface area contributed by atoms with Crippen LogP contribution in [0, 0.1) is 0 Å². The fourth-order valence-electron chi connectivity index (χ4n) is 2.55. The van der Waals surface area contributed by atoms with Crippen LogP contribution >= 0.6 is 24.0 Å². The van der Waals surface area contributed by atoms with E-state index in [4.69, 9.17) is 16.3 Å². The van der Waals surface area contributed by atoms with Crippen molar-refractivity contribution in [2.24, 2.45) is 0 Å². The van der Waals surface area contributed by atoms with Gasteiger partial charge in [-0.25, -0.2) is 4.79 Å². The second kappa shape index (κ2) is 9.92. The fraction of sp³-hybridized carbons (Fsp3) is 0.150. The van der Waals surface area contributed by atoms with E-state index >= 15 is 0 Å². The molecule has 0 fully saturated rings. The van der Waals surface area contributed by atoms with E-state index in [0.29, 0.717) is 28.6 Å². The van der Waals surface area contributed by atoms with Gasteiger partial charge in [-0.1, -0.05) is 35.9 Å². The van der Waals surface area contributed by atoms with Gasteiger partial charge in [-0.2, -0.15) is 9.97 Å². The maximum Gasteiger partial charge on any atom is 0.335 e. The average molecular weight is 420 g/mol. The van der Waals surface area contributed by atoms with Crippen LogP contribution in [0.1, 0.15) is 15.9 Å². The molecule has 0 atom stereocenters. The first kappa shape index (κ1) is 21.5. The number of carboxylic acid groups (broad SMARTS) is 1. The number of hydrogen-bond acceptors (Lipinski definition) is 5. The zero-order valence-corrected chi connectivity index (χ0v) is 16.6. The van der Waals surface area contributed by atoms with Crippen molar-refractivity contribution in [2.45, 2.75) is 6.42 Å². The number of hydrogen-bond donors (Lipinski definition) is 2. The lowest BCUT2D eigenvalue weighted by Crippen LogP contribution is -2.08. The summed E-state index contributed by atoms with van der Waals surface area (Å²) in [7, 11) is 1.49. The van der Waals surface area contributed by atoms with Gasteiger partial charge in [0.25, 0.3) is 0 Å². The Kier molecular flexibility index (Phi) is 7.61. The number of carbonyl (C=O) groups is 1. The Balaban J connectivity index is 0.00000280. The predicted molar refractivity (Wildman–Crippen MR) is 112 cm³/mol. The molecule has 0 aliphatic carbocycles. The minimum Gasteiger partial charge on any atom is -0.478 e. The summed E-state index contributed by atoms with van der Waals surface area (Å²) in [6, 6.07) is 16.2. The van der Waals surface area contributed by atoms with Crippen molar-refractivity contribution in [3.63, 3.8) is 0 Å². The minimum absolute atomic E-state index is 0. The third-order valence-corrected chi connectivity index (χ3v) is 4.18. The highest BCUT2D eigenvalue weighted by Crippen LogP contribution is 2.23. The van der Waals surface area contributed by atoms with E-state index in [1.54, 1.807) is 24.3 Å². The second-order valence-electron chi connectivity index (χ2n) is 5.81. The molecular formula is C20H19Cl2N3O3. The summed E-state index contributed by atoms with van der Waals surface area (Å²) in [6.07, 6.45) is 0.799. The van der Waals surface area contributed by atoms with Crippen molar-refractivity contribution in [1.82, 2.24) is 9.97 Å². The number of halogens is 2. The topological polar surface area (TPSA) is 84.3 Å². The van der Waals surface area contributed by atoms with Gasteiger partial charge < -0.3 is 15.2 Å². The Morgan fingerprint density at radius 1 is 1.14 bits per heavy atom. The molecule has 146 valence electrons. The Hall–Kier alpha value is -2.83. The van der Waals surface area contributed by atoms with Crippen molar-refractivity contribution in [2.75, 3.05) is 19.0 Å². The van der Waals surface area contributed by atoms with Crippen molar-refractivity contribution in [3.8, 4) is 17.3 Å².